The van der Waals surface area contributed by atoms with Gasteiger partial charge in [0.2, 0.25) is 0 Å². The number of carboxylic acid groups (broad SMARTS) is 1. The molecule has 36 heavy (non-hydrogen) atoms. The van der Waals surface area contributed by atoms with E-state index in [4.69, 9.17) is 4.74 Å². The maximum atomic E-state index is 13.7. The minimum absolute atomic E-state index is 0.100. The first-order chi connectivity index (χ1) is 16.9. The van der Waals surface area contributed by atoms with Gasteiger partial charge in [0, 0.05) is 0 Å². The van der Waals surface area contributed by atoms with E-state index in [0.717, 1.165) is 24.8 Å². The molecule has 1 aromatic carbocycles. The molecule has 1 fully saturated rings. The third-order valence-corrected chi connectivity index (χ3v) is 9.38. The summed E-state index contributed by atoms with van der Waals surface area (Å²) in [5.41, 5.74) is 1.61. The maximum absolute atomic E-state index is 13.7. The first kappa shape index (κ1) is 28.0. The molecule has 3 atom stereocenters. The number of amides is 3. The number of hydrogen-bond donors (Lipinski definition) is 2. The summed E-state index contributed by atoms with van der Waals surface area (Å²) in [6.45, 7) is 9.23. The molecule has 1 aliphatic heterocycles. The van der Waals surface area contributed by atoms with Gasteiger partial charge in [-0.25, -0.2) is 0 Å². The van der Waals surface area contributed by atoms with Crippen LogP contribution in [0.3, 0.4) is 0 Å². The molecule has 1 aliphatic carbocycles. The molecular weight excluding hydrogens is 525 g/mol. The van der Waals surface area contributed by atoms with Crippen LogP contribution in [0.25, 0.3) is 0 Å². The molecule has 2 aliphatic rings. The van der Waals surface area contributed by atoms with Gasteiger partial charge in [-0.2, -0.15) is 0 Å². The number of nitrogens with one attached hydrogen (secondary N) is 1. The van der Waals surface area contributed by atoms with E-state index in [-0.39, 0.29) is 48.2 Å². The van der Waals surface area contributed by atoms with Crippen LogP contribution in [0, 0.1) is 5.92 Å². The van der Waals surface area contributed by atoms with Crippen molar-refractivity contribution in [1.29, 1.82) is 0 Å². The van der Waals surface area contributed by atoms with E-state index in [1.54, 1.807) is 20.8 Å². The number of hydrogen-bond acceptors (Lipinski definition) is 5. The molecule has 10 heteroatoms. The number of carbonyl (C=O) groups is 4. The normalized spacial score (nSPS) is 21.3. The van der Waals surface area contributed by atoms with Crippen molar-refractivity contribution in [1.82, 2.24) is 15.1 Å². The number of carbonyl (C=O) groups excluding carboxylic acids is 3. The fraction of sp³-hybridized carbons (Fsp3) is 0.615. The van der Waals surface area contributed by atoms with Gasteiger partial charge in [0.1, 0.15) is 0 Å². The van der Waals surface area contributed by atoms with Crippen molar-refractivity contribution in [3.63, 3.8) is 0 Å². The average molecular weight is 563 g/mol. The second-order valence-corrected chi connectivity index (χ2v) is 13.2. The van der Waals surface area contributed by atoms with E-state index < -0.39 is 38.2 Å². The summed E-state index contributed by atoms with van der Waals surface area (Å²) in [6, 6.07) is 6.84. The molecule has 197 valence electrons. The van der Waals surface area contributed by atoms with E-state index in [1.165, 1.54) is 15.4 Å². The first-order valence-electron chi connectivity index (χ1n) is 12.5. The molecule has 0 saturated carbocycles. The summed E-state index contributed by atoms with van der Waals surface area (Å²) >= 11 is -1.13. The zero-order valence-corrected chi connectivity index (χ0v) is 23.6. The van der Waals surface area contributed by atoms with Crippen LogP contribution in [0.5, 0.6) is 0 Å². The molecule has 0 spiro atoms. The Labute approximate surface area is 219 Å². The summed E-state index contributed by atoms with van der Waals surface area (Å²) in [5.74, 6) is -0.784. The summed E-state index contributed by atoms with van der Waals surface area (Å²) in [4.78, 5) is 54.2. The van der Waals surface area contributed by atoms with Crippen LogP contribution < -0.4 is 5.32 Å². The molecule has 1 heterocycles. The number of aryl methyl sites for hydroxylation is 1. The number of fused-ring (bicyclic) bond motifs is 1. The van der Waals surface area contributed by atoms with Gasteiger partial charge in [-0.15, -0.1) is 0 Å². The van der Waals surface area contributed by atoms with Crippen molar-refractivity contribution in [3.05, 3.63) is 35.4 Å². The van der Waals surface area contributed by atoms with Gasteiger partial charge in [-0.3, -0.25) is 0 Å². The summed E-state index contributed by atoms with van der Waals surface area (Å²) < 4.78 is 4.51. The van der Waals surface area contributed by atoms with Crippen molar-refractivity contribution < 1.29 is 29.0 Å². The molecule has 0 aromatic heterocycles. The number of nitrogens with zero attached hydrogens (tertiary/aromatic N) is 2. The van der Waals surface area contributed by atoms with Gasteiger partial charge in [-0.05, 0) is 0 Å². The quantitative estimate of drug-likeness (QED) is 0.514. The van der Waals surface area contributed by atoms with Crippen LogP contribution in [-0.4, -0.2) is 84.6 Å². The van der Waals surface area contributed by atoms with Crippen molar-refractivity contribution in [3.8, 4) is 0 Å². The molecule has 1 saturated heterocycles. The van der Waals surface area contributed by atoms with Gasteiger partial charge in [0.05, 0.1) is 0 Å². The molecular formula is C26H37AsN3O6. The number of ether oxygens (including phenoxy) is 1. The molecule has 3 rings (SSSR count). The predicted molar refractivity (Wildman–Crippen MR) is 136 cm³/mol. The summed E-state index contributed by atoms with van der Waals surface area (Å²) in [6.07, 6.45) is 1.55. The van der Waals surface area contributed by atoms with Crippen molar-refractivity contribution in [2.24, 2.45) is 5.92 Å². The third kappa shape index (κ3) is 7.02. The monoisotopic (exact) mass is 562 g/mol. The zero-order valence-electron chi connectivity index (χ0n) is 21.7. The average Bonchev–Trinajstić information content (AvgIpc) is 2.80. The van der Waals surface area contributed by atoms with E-state index in [0.29, 0.717) is 0 Å². The van der Waals surface area contributed by atoms with Crippen LogP contribution in [0.2, 0.25) is 4.71 Å². The Balaban J connectivity index is 1.81. The SMILES string of the molecule is CC(C)[C@H]([As]C(=O)OC(C)(C)C)C(=O)N1CCN(C(=O)O)C[C@H]1C(=O)N[C@@H]1CCCc2ccccc21. The van der Waals surface area contributed by atoms with Crippen LogP contribution in [0.1, 0.15) is 64.6 Å². The van der Waals surface area contributed by atoms with Crippen molar-refractivity contribution in [2.45, 2.75) is 76.3 Å². The summed E-state index contributed by atoms with van der Waals surface area (Å²) in [5, 5.41) is 12.7. The Morgan fingerprint density at radius 1 is 1.14 bits per heavy atom. The van der Waals surface area contributed by atoms with Crippen molar-refractivity contribution >= 4 is 38.4 Å². The molecule has 1 aromatic rings. The third-order valence-electron chi connectivity index (χ3n) is 6.45. The fourth-order valence-corrected chi connectivity index (χ4v) is 7.01. The standard InChI is InChI=1S/C26H37AsN3O6/c1-16(2)21(27-24(33)36-26(3,4)5)23(32)30-14-13-29(25(34)35)15-20(30)22(31)28-19-12-8-10-17-9-6-7-11-18(17)19/h6-7,9,11,16,19-21H,8,10,12-15H2,1-5H3,(H,28,31)(H,34,35)/t19-,20+,21+/m1/s1. The minimum atomic E-state index is -1.13. The molecule has 2 N–H and O–H groups in total. The van der Waals surface area contributed by atoms with E-state index in [9.17, 15) is 24.3 Å². The molecule has 0 unspecified atom stereocenters. The van der Waals surface area contributed by atoms with E-state index in [2.05, 4.69) is 11.4 Å². The molecule has 9 nitrogen and oxygen atoms in total. The van der Waals surface area contributed by atoms with Crippen molar-refractivity contribution in [2.75, 3.05) is 19.6 Å². The Morgan fingerprint density at radius 2 is 1.83 bits per heavy atom. The number of benzene rings is 1. The van der Waals surface area contributed by atoms with Gasteiger partial charge >= 0.3 is 220 Å². The van der Waals surface area contributed by atoms with Crippen LogP contribution in [-0.2, 0) is 20.7 Å². The molecule has 0 bridgehead atoms. The molecule has 1 radical (unpaired) electrons. The topological polar surface area (TPSA) is 116 Å². The van der Waals surface area contributed by atoms with Gasteiger partial charge in [-0.1, -0.05) is 0 Å². The Kier molecular flexibility index (Phi) is 9.09. The summed E-state index contributed by atoms with van der Waals surface area (Å²) in [7, 11) is 0. The van der Waals surface area contributed by atoms with E-state index in [1.807, 2.05) is 32.0 Å². The molecule has 3 amide bonds. The van der Waals surface area contributed by atoms with E-state index >= 15 is 0 Å². The van der Waals surface area contributed by atoms with Crippen LogP contribution in [0.15, 0.2) is 24.3 Å². The number of piperazine rings is 1. The first-order valence-corrected chi connectivity index (χ1v) is 14.5. The van der Waals surface area contributed by atoms with Crippen LogP contribution >= 0.6 is 0 Å². The second-order valence-electron chi connectivity index (χ2n) is 10.7. The van der Waals surface area contributed by atoms with Gasteiger partial charge < -0.3 is 0 Å². The number of rotatable bonds is 6. The van der Waals surface area contributed by atoms with Gasteiger partial charge in [0.25, 0.3) is 0 Å². The van der Waals surface area contributed by atoms with Gasteiger partial charge in [0.15, 0.2) is 0 Å². The Bertz CT molecular complexity index is 992. The van der Waals surface area contributed by atoms with Crippen LogP contribution in [0.4, 0.5) is 9.59 Å². The Morgan fingerprint density at radius 3 is 2.47 bits per heavy atom. The fourth-order valence-electron chi connectivity index (χ4n) is 4.68. The zero-order chi connectivity index (χ0) is 26.6. The Hall–Kier alpha value is -2.54. The second kappa shape index (κ2) is 11.7. The predicted octanol–water partition coefficient (Wildman–Crippen LogP) is 3.45.